The van der Waals surface area contributed by atoms with Gasteiger partial charge in [0, 0.05) is 59.8 Å². The van der Waals surface area contributed by atoms with E-state index in [1.165, 1.54) is 64.0 Å². The SMILES string of the molecule is N#CC1CC(C2NC(c3ccccc3)NC(c3ccc4c(c3)C3CC=CC=C3S4)N2)C(N2C3=C(CCC=C3)SC3=C2CCC=C3)=CC1N1C2=C(CCC=C2)SC2C=CCCC21. The Labute approximate surface area is 373 Å². The lowest BCUT2D eigenvalue weighted by atomic mass is 9.76. The normalized spacial score (nSPS) is 33.6. The summed E-state index contributed by atoms with van der Waals surface area (Å²) in [4.78, 5) is 12.6. The smallest absolute Gasteiger partial charge is 0.0862 e. The summed E-state index contributed by atoms with van der Waals surface area (Å²) >= 11 is 6.01. The fourth-order valence-corrected chi connectivity index (χ4v) is 15.3. The molecule has 0 aromatic heterocycles. The fraction of sp³-hybridized carbons (Fsp3) is 0.365. The van der Waals surface area contributed by atoms with Crippen molar-refractivity contribution >= 4 is 35.3 Å². The molecule has 0 bridgehead atoms. The van der Waals surface area contributed by atoms with Crippen LogP contribution in [-0.2, 0) is 0 Å². The summed E-state index contributed by atoms with van der Waals surface area (Å²) in [6.07, 6.45) is 38.7. The number of hydrogen-bond donors (Lipinski definition) is 3. The van der Waals surface area contributed by atoms with Crippen molar-refractivity contribution in [2.24, 2.45) is 11.8 Å². The van der Waals surface area contributed by atoms with Gasteiger partial charge in [-0.15, -0.1) is 11.8 Å². The van der Waals surface area contributed by atoms with E-state index in [1.807, 2.05) is 23.5 Å². The molecule has 61 heavy (non-hydrogen) atoms. The van der Waals surface area contributed by atoms with Gasteiger partial charge >= 0.3 is 0 Å². The van der Waals surface area contributed by atoms with Crippen molar-refractivity contribution in [1.29, 1.82) is 5.26 Å². The molecule has 0 amide bonds. The average molecular weight is 857 g/mol. The van der Waals surface area contributed by atoms with Crippen molar-refractivity contribution in [1.82, 2.24) is 25.8 Å². The van der Waals surface area contributed by atoms with Gasteiger partial charge in [-0.25, -0.2) is 0 Å². The molecule has 9 heteroatoms. The maximum absolute atomic E-state index is 11.4. The molecule has 9 atom stereocenters. The monoisotopic (exact) mass is 856 g/mol. The van der Waals surface area contributed by atoms with E-state index in [4.69, 9.17) is 0 Å². The molecule has 10 aliphatic rings. The van der Waals surface area contributed by atoms with Crippen LogP contribution in [0.3, 0.4) is 0 Å². The molecule has 9 unspecified atom stereocenters. The Bertz CT molecular complexity index is 2500. The molecule has 6 nitrogen and oxygen atoms in total. The molecule has 308 valence electrons. The highest BCUT2D eigenvalue weighted by Gasteiger charge is 2.48. The van der Waals surface area contributed by atoms with E-state index < -0.39 is 0 Å². The predicted molar refractivity (Wildman–Crippen MR) is 252 cm³/mol. The molecule has 6 aliphatic carbocycles. The summed E-state index contributed by atoms with van der Waals surface area (Å²) in [5.41, 5.74) is 9.39. The third-order valence-electron chi connectivity index (χ3n) is 14.3. The molecule has 12 rings (SSSR count). The summed E-state index contributed by atoms with van der Waals surface area (Å²) in [7, 11) is 0. The standard InChI is InChI=1S/C52H52N6S3/c53-31-34-29-37(52-55-50(32-14-2-1-3-15-32)54-51(56-52)33-26-27-45-36(28-33)35-16-4-9-21-44(35)59-45)43(58-40-19-7-12-24-48(40)61-49-25-13-8-20-41(49)58)30-42(34)57-38-17-5-10-22-46(38)60-47-23-11-6-18-39(47)57/h1-5,7,9,11,13-15,17,19,21,23,25-28,30,34-35,37,39,42,47,50-52,54-56H,6,8,10,12,16,18,20,22,24,29H2. The van der Waals surface area contributed by atoms with E-state index in [0.29, 0.717) is 17.2 Å². The first-order valence-corrected chi connectivity index (χ1v) is 25.1. The summed E-state index contributed by atoms with van der Waals surface area (Å²) in [5.74, 6) is 0.268. The average Bonchev–Trinajstić information content (AvgIpc) is 3.70. The van der Waals surface area contributed by atoms with Crippen molar-refractivity contribution in [3.8, 4) is 6.07 Å². The van der Waals surface area contributed by atoms with Gasteiger partial charge in [0.2, 0.25) is 0 Å². The second-order valence-electron chi connectivity index (χ2n) is 17.9. The van der Waals surface area contributed by atoms with Gasteiger partial charge in [-0.1, -0.05) is 121 Å². The van der Waals surface area contributed by atoms with E-state index in [0.717, 1.165) is 64.2 Å². The number of thioether (sulfide) groups is 3. The van der Waals surface area contributed by atoms with Crippen molar-refractivity contribution in [2.75, 3.05) is 0 Å². The van der Waals surface area contributed by atoms with Crippen molar-refractivity contribution in [3.63, 3.8) is 0 Å². The van der Waals surface area contributed by atoms with E-state index in [-0.39, 0.29) is 36.4 Å². The van der Waals surface area contributed by atoms with Gasteiger partial charge in [0.05, 0.1) is 42.2 Å². The van der Waals surface area contributed by atoms with E-state index in [1.54, 1.807) is 0 Å². The zero-order valence-electron chi connectivity index (χ0n) is 34.4. The lowest BCUT2D eigenvalue weighted by Gasteiger charge is -2.53. The van der Waals surface area contributed by atoms with Crippen molar-refractivity contribution < 1.29 is 0 Å². The summed E-state index contributed by atoms with van der Waals surface area (Å²) in [6, 6.07) is 21.3. The van der Waals surface area contributed by atoms with Crippen LogP contribution >= 0.6 is 35.3 Å². The summed E-state index contributed by atoms with van der Waals surface area (Å²) in [5, 5.41) is 24.2. The first kappa shape index (κ1) is 38.5. The second-order valence-corrected chi connectivity index (χ2v) is 21.4. The molecule has 2 aromatic rings. The number of rotatable bonds is 5. The first-order valence-electron chi connectivity index (χ1n) is 22.6. The molecule has 0 spiro atoms. The lowest BCUT2D eigenvalue weighted by Crippen LogP contribution is -2.63. The number of fused-ring (bicyclic) bond motifs is 4. The van der Waals surface area contributed by atoms with Crippen LogP contribution in [0.4, 0.5) is 0 Å². The van der Waals surface area contributed by atoms with Gasteiger partial charge in [0.25, 0.3) is 0 Å². The quantitative estimate of drug-likeness (QED) is 0.255. The van der Waals surface area contributed by atoms with Gasteiger partial charge < -0.3 is 9.80 Å². The maximum atomic E-state index is 11.4. The van der Waals surface area contributed by atoms with E-state index in [9.17, 15) is 5.26 Å². The first-order chi connectivity index (χ1) is 30.2. The Kier molecular flexibility index (Phi) is 10.2. The summed E-state index contributed by atoms with van der Waals surface area (Å²) in [6.45, 7) is 0. The largest absolute Gasteiger partial charge is 0.359 e. The topological polar surface area (TPSA) is 66.4 Å². The van der Waals surface area contributed by atoms with Crippen LogP contribution in [0.2, 0.25) is 0 Å². The molecule has 0 saturated carbocycles. The molecular weight excluding hydrogens is 805 g/mol. The minimum Gasteiger partial charge on any atom is -0.359 e. The number of nitrogens with zero attached hydrogens (tertiary/aromatic N) is 3. The third kappa shape index (κ3) is 6.85. The third-order valence-corrected chi connectivity index (χ3v) is 18.3. The number of nitrogens with one attached hydrogen (secondary N) is 3. The van der Waals surface area contributed by atoms with Crippen LogP contribution in [-0.4, -0.2) is 33.3 Å². The van der Waals surface area contributed by atoms with Gasteiger partial charge in [-0.05, 0) is 110 Å². The number of benzene rings is 2. The minimum atomic E-state index is -0.185. The molecular formula is C52H52N6S3. The van der Waals surface area contributed by atoms with Crippen LogP contribution in [0.1, 0.15) is 99.1 Å². The van der Waals surface area contributed by atoms with Crippen LogP contribution in [0.5, 0.6) is 0 Å². The molecule has 0 radical (unpaired) electrons. The number of nitriles is 1. The molecule has 1 saturated heterocycles. The maximum Gasteiger partial charge on any atom is 0.0862 e. The van der Waals surface area contributed by atoms with Crippen molar-refractivity contribution in [3.05, 3.63) is 181 Å². The van der Waals surface area contributed by atoms with Crippen molar-refractivity contribution in [2.45, 2.75) is 111 Å². The minimum absolute atomic E-state index is 0.0168. The van der Waals surface area contributed by atoms with Gasteiger partial charge in [-0.2, -0.15) is 5.26 Å². The molecule has 1 fully saturated rings. The molecule has 4 aliphatic heterocycles. The Balaban J connectivity index is 1.00. The molecule has 2 aromatic carbocycles. The van der Waals surface area contributed by atoms with Crippen LogP contribution in [0, 0.1) is 23.2 Å². The predicted octanol–water partition coefficient (Wildman–Crippen LogP) is 11.8. The van der Waals surface area contributed by atoms with Crippen LogP contribution in [0.25, 0.3) is 0 Å². The summed E-state index contributed by atoms with van der Waals surface area (Å²) < 4.78 is 0. The van der Waals surface area contributed by atoms with Gasteiger partial charge in [0.1, 0.15) is 0 Å². The number of hydrogen-bond acceptors (Lipinski definition) is 9. The highest BCUT2D eigenvalue weighted by molar-refractivity contribution is 8.07. The highest BCUT2D eigenvalue weighted by atomic mass is 32.2. The van der Waals surface area contributed by atoms with Crippen LogP contribution in [0.15, 0.2) is 169 Å². The Hall–Kier alpha value is -4.14. The lowest BCUT2D eigenvalue weighted by molar-refractivity contribution is 0.111. The van der Waals surface area contributed by atoms with E-state index >= 15 is 0 Å². The zero-order valence-corrected chi connectivity index (χ0v) is 36.8. The van der Waals surface area contributed by atoms with Gasteiger partial charge in [-0.3, -0.25) is 16.0 Å². The second kappa shape index (κ2) is 16.2. The fourth-order valence-electron chi connectivity index (χ4n) is 11.4. The highest BCUT2D eigenvalue weighted by Crippen LogP contribution is 2.54. The number of allylic oxidation sites excluding steroid dienone is 14. The Morgan fingerprint density at radius 1 is 0.770 bits per heavy atom. The molecule has 4 heterocycles. The molecule has 3 N–H and O–H groups in total. The van der Waals surface area contributed by atoms with Crippen LogP contribution < -0.4 is 16.0 Å². The van der Waals surface area contributed by atoms with Gasteiger partial charge in [0.15, 0.2) is 0 Å². The zero-order chi connectivity index (χ0) is 40.4. The van der Waals surface area contributed by atoms with E-state index in [2.05, 4.69) is 165 Å². The Morgan fingerprint density at radius 3 is 2.48 bits per heavy atom. The Morgan fingerprint density at radius 2 is 1.59 bits per heavy atom.